The Morgan fingerprint density at radius 1 is 1.27 bits per heavy atom. The van der Waals surface area contributed by atoms with E-state index in [0.29, 0.717) is 6.54 Å². The molecule has 2 N–H and O–H groups in total. The second-order valence-corrected chi connectivity index (χ2v) is 4.93. The predicted molar refractivity (Wildman–Crippen MR) is 64.9 cm³/mol. The number of ether oxygens (including phenoxy) is 1. The first-order valence-corrected chi connectivity index (χ1v) is 6.11. The minimum absolute atomic E-state index is 0.109. The van der Waals surface area contributed by atoms with Gasteiger partial charge < -0.3 is 10.5 Å². The molecule has 0 spiro atoms. The van der Waals surface area contributed by atoms with Crippen LogP contribution in [0.3, 0.4) is 0 Å². The average Bonchev–Trinajstić information content (AvgIpc) is 2.30. The van der Waals surface area contributed by atoms with Crippen molar-refractivity contribution in [1.82, 2.24) is 0 Å². The zero-order valence-electron chi connectivity index (χ0n) is 8.71. The maximum atomic E-state index is 5.96. The Bertz CT molecular complexity index is 334. The van der Waals surface area contributed by atoms with E-state index >= 15 is 0 Å². The molecule has 0 aromatic heterocycles. The van der Waals surface area contributed by atoms with Crippen molar-refractivity contribution in [3.63, 3.8) is 0 Å². The van der Waals surface area contributed by atoms with Gasteiger partial charge in [-0.1, -0.05) is 34.1 Å². The lowest BCUT2D eigenvalue weighted by atomic mass is 9.74. The molecule has 1 aliphatic heterocycles. The van der Waals surface area contributed by atoms with Gasteiger partial charge in [-0.2, -0.15) is 0 Å². The molecule has 1 heterocycles. The molecule has 0 bridgehead atoms. The van der Waals surface area contributed by atoms with Crippen LogP contribution in [0.25, 0.3) is 0 Å². The van der Waals surface area contributed by atoms with Gasteiger partial charge in [-0.3, -0.25) is 0 Å². The Hall–Kier alpha value is -0.380. The van der Waals surface area contributed by atoms with Gasteiger partial charge in [-0.05, 0) is 24.5 Å². The summed E-state index contributed by atoms with van der Waals surface area (Å²) in [5.74, 6) is 0. The molecule has 1 fully saturated rings. The van der Waals surface area contributed by atoms with Crippen LogP contribution < -0.4 is 5.73 Å². The highest BCUT2D eigenvalue weighted by Gasteiger charge is 2.34. The third kappa shape index (κ3) is 2.10. The van der Waals surface area contributed by atoms with Crippen LogP contribution >= 0.6 is 15.9 Å². The normalized spacial score (nSPS) is 20.1. The summed E-state index contributed by atoms with van der Waals surface area (Å²) in [5, 5.41) is 0. The van der Waals surface area contributed by atoms with Gasteiger partial charge >= 0.3 is 0 Å². The van der Waals surface area contributed by atoms with Crippen LogP contribution in [-0.2, 0) is 10.2 Å². The Balaban J connectivity index is 2.36. The van der Waals surface area contributed by atoms with Crippen molar-refractivity contribution in [3.8, 4) is 0 Å². The first-order valence-electron chi connectivity index (χ1n) is 5.31. The average molecular weight is 270 g/mol. The smallest absolute Gasteiger partial charge is 0.0475 e. The van der Waals surface area contributed by atoms with Crippen molar-refractivity contribution in [1.29, 1.82) is 0 Å². The van der Waals surface area contributed by atoms with Crippen LogP contribution in [0.4, 0.5) is 0 Å². The summed E-state index contributed by atoms with van der Waals surface area (Å²) in [7, 11) is 0. The molecular formula is C12H16BrNO. The summed E-state index contributed by atoms with van der Waals surface area (Å²) in [5.41, 5.74) is 7.40. The topological polar surface area (TPSA) is 35.2 Å². The SMILES string of the molecule is NCC1(c2ccccc2Br)CCOCC1. The van der Waals surface area contributed by atoms with Crippen LogP contribution in [0.1, 0.15) is 18.4 Å². The van der Waals surface area contributed by atoms with E-state index in [4.69, 9.17) is 10.5 Å². The van der Waals surface area contributed by atoms with E-state index in [-0.39, 0.29) is 5.41 Å². The van der Waals surface area contributed by atoms with E-state index in [0.717, 1.165) is 30.5 Å². The Labute approximate surface area is 98.9 Å². The van der Waals surface area contributed by atoms with Crippen LogP contribution in [0.2, 0.25) is 0 Å². The molecular weight excluding hydrogens is 254 g/mol. The number of hydrogen-bond acceptors (Lipinski definition) is 2. The molecule has 1 aliphatic rings. The van der Waals surface area contributed by atoms with Gasteiger partial charge in [0.25, 0.3) is 0 Å². The van der Waals surface area contributed by atoms with Crippen molar-refractivity contribution in [3.05, 3.63) is 34.3 Å². The quantitative estimate of drug-likeness (QED) is 0.896. The molecule has 3 heteroatoms. The lowest BCUT2D eigenvalue weighted by Gasteiger charge is -2.37. The van der Waals surface area contributed by atoms with Gasteiger partial charge in [-0.15, -0.1) is 0 Å². The summed E-state index contributed by atoms with van der Waals surface area (Å²) in [6, 6.07) is 8.37. The maximum absolute atomic E-state index is 5.96. The summed E-state index contributed by atoms with van der Waals surface area (Å²) in [4.78, 5) is 0. The minimum Gasteiger partial charge on any atom is -0.381 e. The summed E-state index contributed by atoms with van der Waals surface area (Å²) in [6.07, 6.45) is 2.04. The third-order valence-corrected chi connectivity index (χ3v) is 3.98. The maximum Gasteiger partial charge on any atom is 0.0475 e. The Morgan fingerprint density at radius 3 is 2.53 bits per heavy atom. The molecule has 1 saturated heterocycles. The second-order valence-electron chi connectivity index (χ2n) is 4.08. The first-order chi connectivity index (χ1) is 7.28. The molecule has 0 unspecified atom stereocenters. The number of benzene rings is 1. The summed E-state index contributed by atoms with van der Waals surface area (Å²) >= 11 is 3.61. The Kier molecular flexibility index (Phi) is 3.44. The van der Waals surface area contributed by atoms with Crippen molar-refractivity contribution in [2.24, 2.45) is 5.73 Å². The largest absolute Gasteiger partial charge is 0.381 e. The molecule has 0 atom stereocenters. The van der Waals surface area contributed by atoms with E-state index in [1.54, 1.807) is 0 Å². The predicted octanol–water partition coefficient (Wildman–Crippen LogP) is 2.46. The molecule has 82 valence electrons. The van der Waals surface area contributed by atoms with Crippen LogP contribution in [0, 0.1) is 0 Å². The highest BCUT2D eigenvalue weighted by molar-refractivity contribution is 9.10. The van der Waals surface area contributed by atoms with Crippen LogP contribution in [0.15, 0.2) is 28.7 Å². The molecule has 1 aromatic rings. The number of nitrogens with two attached hydrogens (primary N) is 1. The minimum atomic E-state index is 0.109. The van der Waals surface area contributed by atoms with Gasteiger partial charge in [-0.25, -0.2) is 0 Å². The van der Waals surface area contributed by atoms with E-state index < -0.39 is 0 Å². The zero-order chi connectivity index (χ0) is 10.7. The van der Waals surface area contributed by atoms with E-state index in [2.05, 4.69) is 34.1 Å². The molecule has 0 amide bonds. The fraction of sp³-hybridized carbons (Fsp3) is 0.500. The number of halogens is 1. The molecule has 15 heavy (non-hydrogen) atoms. The van der Waals surface area contributed by atoms with Gasteiger partial charge in [0.2, 0.25) is 0 Å². The van der Waals surface area contributed by atoms with Gasteiger partial charge in [0.1, 0.15) is 0 Å². The lowest BCUT2D eigenvalue weighted by molar-refractivity contribution is 0.0527. The second kappa shape index (κ2) is 4.64. The van der Waals surface area contributed by atoms with Gasteiger partial charge in [0.15, 0.2) is 0 Å². The standard InChI is InChI=1S/C12H16BrNO/c13-11-4-2-1-3-10(11)12(9-14)5-7-15-8-6-12/h1-4H,5-9,14H2. The summed E-state index contributed by atoms with van der Waals surface area (Å²) < 4.78 is 6.58. The highest BCUT2D eigenvalue weighted by atomic mass is 79.9. The van der Waals surface area contributed by atoms with E-state index in [1.807, 2.05) is 6.07 Å². The molecule has 0 radical (unpaired) electrons. The van der Waals surface area contributed by atoms with Crippen LogP contribution in [0.5, 0.6) is 0 Å². The van der Waals surface area contributed by atoms with E-state index in [1.165, 1.54) is 5.56 Å². The Morgan fingerprint density at radius 2 is 1.93 bits per heavy atom. The number of rotatable bonds is 2. The van der Waals surface area contributed by atoms with Crippen molar-refractivity contribution in [2.45, 2.75) is 18.3 Å². The first kappa shape index (κ1) is 11.1. The zero-order valence-corrected chi connectivity index (χ0v) is 10.3. The third-order valence-electron chi connectivity index (χ3n) is 3.29. The molecule has 1 aromatic carbocycles. The summed E-state index contributed by atoms with van der Waals surface area (Å²) in [6.45, 7) is 2.33. The van der Waals surface area contributed by atoms with Crippen molar-refractivity contribution < 1.29 is 4.74 Å². The fourth-order valence-corrected chi connectivity index (χ4v) is 2.94. The van der Waals surface area contributed by atoms with Crippen molar-refractivity contribution >= 4 is 15.9 Å². The molecule has 0 saturated carbocycles. The van der Waals surface area contributed by atoms with E-state index in [9.17, 15) is 0 Å². The number of hydrogen-bond donors (Lipinski definition) is 1. The molecule has 0 aliphatic carbocycles. The lowest BCUT2D eigenvalue weighted by Crippen LogP contribution is -2.40. The molecule has 2 rings (SSSR count). The van der Waals surface area contributed by atoms with Crippen LogP contribution in [-0.4, -0.2) is 19.8 Å². The molecule has 2 nitrogen and oxygen atoms in total. The monoisotopic (exact) mass is 269 g/mol. The fourth-order valence-electron chi connectivity index (χ4n) is 2.24. The van der Waals surface area contributed by atoms with Gasteiger partial charge in [0, 0.05) is 29.6 Å². The van der Waals surface area contributed by atoms with Gasteiger partial charge in [0.05, 0.1) is 0 Å². The highest BCUT2D eigenvalue weighted by Crippen LogP contribution is 2.37. The van der Waals surface area contributed by atoms with Crippen molar-refractivity contribution in [2.75, 3.05) is 19.8 Å².